The van der Waals surface area contributed by atoms with Gasteiger partial charge in [-0.3, -0.25) is 0 Å². The summed E-state index contributed by atoms with van der Waals surface area (Å²) < 4.78 is 0. The molecule has 23 heavy (non-hydrogen) atoms. The van der Waals surface area contributed by atoms with Gasteiger partial charge in [0.1, 0.15) is 0 Å². The van der Waals surface area contributed by atoms with E-state index < -0.39 is 0 Å². The van der Waals surface area contributed by atoms with Gasteiger partial charge in [0.25, 0.3) is 0 Å². The van der Waals surface area contributed by atoms with Gasteiger partial charge in [0.05, 0.1) is 12.4 Å². The van der Waals surface area contributed by atoms with E-state index >= 15 is 0 Å². The summed E-state index contributed by atoms with van der Waals surface area (Å²) in [6, 6.07) is 4.53. The van der Waals surface area contributed by atoms with E-state index in [-0.39, 0.29) is 0 Å². The van der Waals surface area contributed by atoms with Crippen molar-refractivity contribution in [3.8, 4) is 0 Å². The third kappa shape index (κ3) is 2.91. The van der Waals surface area contributed by atoms with Crippen LogP contribution in [0.4, 0.5) is 5.69 Å². The Hall–Kier alpha value is -2.42. The highest BCUT2D eigenvalue weighted by Gasteiger charge is 2.25. The van der Waals surface area contributed by atoms with E-state index in [0.29, 0.717) is 0 Å². The lowest BCUT2D eigenvalue weighted by molar-refractivity contribution is 0.504. The number of hydrogen-bond acceptors (Lipinski definition) is 3. The molecule has 0 saturated carbocycles. The van der Waals surface area contributed by atoms with Crippen molar-refractivity contribution >= 4 is 5.69 Å². The predicted octanol–water partition coefficient (Wildman–Crippen LogP) is 4.46. The number of hydrogen-bond donors (Lipinski definition) is 1. The molecule has 0 unspecified atom stereocenters. The summed E-state index contributed by atoms with van der Waals surface area (Å²) in [5.74, 6) is 0. The van der Waals surface area contributed by atoms with Crippen LogP contribution in [0.25, 0.3) is 0 Å². The summed E-state index contributed by atoms with van der Waals surface area (Å²) in [5, 5.41) is 3.28. The van der Waals surface area contributed by atoms with Crippen LogP contribution < -0.4 is 10.2 Å². The van der Waals surface area contributed by atoms with Crippen LogP contribution in [-0.2, 0) is 0 Å². The smallest absolute Gasteiger partial charge is 0.0990 e. The molecule has 0 fully saturated rings. The lowest BCUT2D eigenvalue weighted by Gasteiger charge is -2.26. The molecule has 3 rings (SSSR count). The minimum atomic E-state index is 0.852. The maximum atomic E-state index is 3.28. The van der Waals surface area contributed by atoms with Crippen LogP contribution in [0.2, 0.25) is 0 Å². The number of anilines is 1. The molecule has 2 heterocycles. The average molecular weight is 307 g/mol. The van der Waals surface area contributed by atoms with Crippen molar-refractivity contribution in [1.29, 1.82) is 0 Å². The number of nitrogens with zero attached hydrogens (tertiary/aromatic N) is 2. The van der Waals surface area contributed by atoms with Crippen molar-refractivity contribution in [2.45, 2.75) is 34.6 Å². The Kier molecular flexibility index (Phi) is 4.03. The van der Waals surface area contributed by atoms with E-state index in [1.165, 1.54) is 33.8 Å². The van der Waals surface area contributed by atoms with Crippen LogP contribution in [0.3, 0.4) is 0 Å². The van der Waals surface area contributed by atoms with Gasteiger partial charge < -0.3 is 15.1 Å². The third-order valence-electron chi connectivity index (χ3n) is 4.59. The van der Waals surface area contributed by atoms with Crippen LogP contribution in [-0.4, -0.2) is 11.6 Å². The number of benzene rings is 1. The van der Waals surface area contributed by atoms with E-state index in [1.807, 2.05) is 12.3 Å². The molecule has 0 atom stereocenters. The zero-order valence-electron chi connectivity index (χ0n) is 14.6. The van der Waals surface area contributed by atoms with Gasteiger partial charge in [0.2, 0.25) is 0 Å². The van der Waals surface area contributed by atoms with Gasteiger partial charge >= 0.3 is 0 Å². The number of allylic oxidation sites excluding steroid dienone is 5. The van der Waals surface area contributed by atoms with Crippen molar-refractivity contribution in [2.24, 2.45) is 0 Å². The second-order valence-electron chi connectivity index (χ2n) is 6.40. The van der Waals surface area contributed by atoms with Gasteiger partial charge in [-0.25, -0.2) is 0 Å². The maximum Gasteiger partial charge on any atom is 0.0990 e. The first kappa shape index (κ1) is 15.5. The second kappa shape index (κ2) is 5.99. The fraction of sp³-hybridized carbons (Fsp3) is 0.300. The topological polar surface area (TPSA) is 18.5 Å². The van der Waals surface area contributed by atoms with E-state index in [1.54, 1.807) is 0 Å². The SMILES string of the molecule is CC1=C(C)N(c2c(C)cc(C)cc2C)CN1/C=C1/C=CC=CN1. The van der Waals surface area contributed by atoms with Crippen molar-refractivity contribution < 1.29 is 0 Å². The summed E-state index contributed by atoms with van der Waals surface area (Å²) in [6.07, 6.45) is 10.3. The van der Waals surface area contributed by atoms with E-state index in [9.17, 15) is 0 Å². The molecule has 2 aliphatic rings. The monoisotopic (exact) mass is 307 g/mol. The normalized spacial score (nSPS) is 19.1. The molecule has 0 aromatic heterocycles. The maximum absolute atomic E-state index is 3.28. The van der Waals surface area contributed by atoms with Gasteiger partial charge in [-0.05, 0) is 57.9 Å². The number of aryl methyl sites for hydroxylation is 3. The van der Waals surface area contributed by atoms with Crippen LogP contribution in [0.5, 0.6) is 0 Å². The Morgan fingerprint density at radius 3 is 2.26 bits per heavy atom. The fourth-order valence-corrected chi connectivity index (χ4v) is 3.40. The summed E-state index contributed by atoms with van der Waals surface area (Å²) in [6.45, 7) is 11.8. The first-order valence-corrected chi connectivity index (χ1v) is 8.08. The van der Waals surface area contributed by atoms with E-state index in [0.717, 1.165) is 12.4 Å². The zero-order chi connectivity index (χ0) is 16.6. The molecular weight excluding hydrogens is 282 g/mol. The molecule has 1 aromatic rings. The largest absolute Gasteiger partial charge is 0.361 e. The van der Waals surface area contributed by atoms with Crippen molar-refractivity contribution in [2.75, 3.05) is 11.6 Å². The van der Waals surface area contributed by atoms with E-state index in [2.05, 4.69) is 80.2 Å². The lowest BCUT2D eigenvalue weighted by Crippen LogP contribution is -2.26. The quantitative estimate of drug-likeness (QED) is 0.870. The molecule has 0 aliphatic carbocycles. The first-order valence-electron chi connectivity index (χ1n) is 8.08. The van der Waals surface area contributed by atoms with Gasteiger partial charge in [0.15, 0.2) is 0 Å². The Morgan fingerprint density at radius 2 is 1.65 bits per heavy atom. The van der Waals surface area contributed by atoms with Crippen molar-refractivity contribution in [3.05, 3.63) is 76.5 Å². The van der Waals surface area contributed by atoms with Crippen LogP contribution >= 0.6 is 0 Å². The third-order valence-corrected chi connectivity index (χ3v) is 4.59. The molecule has 120 valence electrons. The van der Waals surface area contributed by atoms with Gasteiger partial charge in [-0.1, -0.05) is 23.8 Å². The molecule has 2 aliphatic heterocycles. The number of nitrogens with one attached hydrogen (secondary N) is 1. The van der Waals surface area contributed by atoms with Crippen molar-refractivity contribution in [1.82, 2.24) is 10.2 Å². The molecule has 3 heteroatoms. The Bertz CT molecular complexity index is 727. The molecule has 0 bridgehead atoms. The highest BCUT2D eigenvalue weighted by molar-refractivity contribution is 5.65. The summed E-state index contributed by atoms with van der Waals surface area (Å²) in [4.78, 5) is 4.72. The van der Waals surface area contributed by atoms with Crippen LogP contribution in [0.1, 0.15) is 30.5 Å². The summed E-state index contributed by atoms with van der Waals surface area (Å²) >= 11 is 0. The Balaban J connectivity index is 1.93. The minimum absolute atomic E-state index is 0.852. The highest BCUT2D eigenvalue weighted by atomic mass is 15.4. The van der Waals surface area contributed by atoms with Gasteiger partial charge in [-0.2, -0.15) is 0 Å². The zero-order valence-corrected chi connectivity index (χ0v) is 14.6. The molecular formula is C20H25N3. The summed E-state index contributed by atoms with van der Waals surface area (Å²) in [5.41, 5.74) is 9.04. The predicted molar refractivity (Wildman–Crippen MR) is 97.7 cm³/mol. The second-order valence-corrected chi connectivity index (χ2v) is 6.40. The fourth-order valence-electron chi connectivity index (χ4n) is 3.40. The Labute approximate surface area is 139 Å². The number of dihydropyridines is 1. The minimum Gasteiger partial charge on any atom is -0.361 e. The molecule has 0 radical (unpaired) electrons. The van der Waals surface area contributed by atoms with E-state index in [4.69, 9.17) is 0 Å². The molecule has 1 aromatic carbocycles. The van der Waals surface area contributed by atoms with Gasteiger partial charge in [0, 0.05) is 29.5 Å². The first-order chi connectivity index (χ1) is 11.0. The standard InChI is InChI=1S/C20H25N3/c1-14-10-15(2)20(16(3)11-14)23-13-22(17(4)18(23)5)12-19-8-6-7-9-21-19/h6-12,21H,13H2,1-5H3/b19-12-. The van der Waals surface area contributed by atoms with Crippen LogP contribution in [0, 0.1) is 20.8 Å². The highest BCUT2D eigenvalue weighted by Crippen LogP contribution is 2.34. The van der Waals surface area contributed by atoms with Crippen LogP contribution in [0.15, 0.2) is 59.9 Å². The summed E-state index contributed by atoms with van der Waals surface area (Å²) in [7, 11) is 0. The molecule has 1 N–H and O–H groups in total. The van der Waals surface area contributed by atoms with Crippen molar-refractivity contribution in [3.63, 3.8) is 0 Å². The number of rotatable bonds is 2. The lowest BCUT2D eigenvalue weighted by atomic mass is 10.0. The molecule has 0 spiro atoms. The molecule has 0 amide bonds. The average Bonchev–Trinajstić information content (AvgIpc) is 2.76. The molecule has 0 saturated heterocycles. The Morgan fingerprint density at radius 1 is 0.957 bits per heavy atom. The molecule has 3 nitrogen and oxygen atoms in total. The van der Waals surface area contributed by atoms with Gasteiger partial charge in [-0.15, -0.1) is 0 Å².